The van der Waals surface area contributed by atoms with E-state index in [9.17, 15) is 9.18 Å². The predicted octanol–water partition coefficient (Wildman–Crippen LogP) is 3.58. The SMILES string of the molecule is O=C(NCCSCc1ccccc1F)c1cc(Br)c[nH]1. The van der Waals surface area contributed by atoms with Gasteiger partial charge in [0.1, 0.15) is 11.5 Å². The first-order valence-electron chi connectivity index (χ1n) is 6.10. The highest BCUT2D eigenvalue weighted by atomic mass is 79.9. The molecule has 0 unspecified atom stereocenters. The van der Waals surface area contributed by atoms with E-state index in [1.165, 1.54) is 6.07 Å². The summed E-state index contributed by atoms with van der Waals surface area (Å²) in [6, 6.07) is 8.46. The molecule has 0 saturated carbocycles. The van der Waals surface area contributed by atoms with Crippen molar-refractivity contribution in [2.45, 2.75) is 5.75 Å². The molecule has 0 saturated heterocycles. The van der Waals surface area contributed by atoms with Gasteiger partial charge in [0.15, 0.2) is 0 Å². The zero-order chi connectivity index (χ0) is 14.4. The van der Waals surface area contributed by atoms with E-state index in [2.05, 4.69) is 26.2 Å². The molecule has 0 radical (unpaired) electrons. The molecule has 20 heavy (non-hydrogen) atoms. The Morgan fingerprint density at radius 1 is 1.40 bits per heavy atom. The zero-order valence-electron chi connectivity index (χ0n) is 10.7. The van der Waals surface area contributed by atoms with Crippen molar-refractivity contribution >= 4 is 33.6 Å². The van der Waals surface area contributed by atoms with Crippen molar-refractivity contribution in [3.05, 3.63) is 58.1 Å². The molecule has 0 spiro atoms. The first kappa shape index (κ1) is 15.1. The first-order valence-corrected chi connectivity index (χ1v) is 8.05. The highest BCUT2D eigenvalue weighted by Crippen LogP contribution is 2.15. The Kier molecular flexibility index (Phi) is 5.67. The minimum absolute atomic E-state index is 0.137. The van der Waals surface area contributed by atoms with Gasteiger partial charge in [0, 0.05) is 28.7 Å². The Balaban J connectivity index is 1.67. The molecule has 0 atom stereocenters. The van der Waals surface area contributed by atoms with Gasteiger partial charge in [-0.05, 0) is 33.6 Å². The lowest BCUT2D eigenvalue weighted by molar-refractivity contribution is 0.0952. The number of aromatic amines is 1. The smallest absolute Gasteiger partial charge is 0.267 e. The maximum atomic E-state index is 13.4. The van der Waals surface area contributed by atoms with Crippen LogP contribution in [-0.4, -0.2) is 23.2 Å². The standard InChI is InChI=1S/C14H14BrFN2OS/c15-11-7-13(18-8-11)14(19)17-5-6-20-9-10-3-1-2-4-12(10)16/h1-4,7-8,18H,5-6,9H2,(H,17,19). The molecular formula is C14H14BrFN2OS. The van der Waals surface area contributed by atoms with Crippen LogP contribution in [0.5, 0.6) is 0 Å². The fraction of sp³-hybridized carbons (Fsp3) is 0.214. The maximum Gasteiger partial charge on any atom is 0.267 e. The molecule has 2 rings (SSSR count). The van der Waals surface area contributed by atoms with Gasteiger partial charge in [0.2, 0.25) is 0 Å². The van der Waals surface area contributed by atoms with Crippen LogP contribution in [-0.2, 0) is 5.75 Å². The van der Waals surface area contributed by atoms with Crippen LogP contribution in [0.25, 0.3) is 0 Å². The molecule has 2 aromatic rings. The molecule has 0 aliphatic heterocycles. The summed E-state index contributed by atoms with van der Waals surface area (Å²) < 4.78 is 14.2. The third-order valence-corrected chi connectivity index (χ3v) is 4.11. The van der Waals surface area contributed by atoms with E-state index in [4.69, 9.17) is 0 Å². The van der Waals surface area contributed by atoms with Crippen LogP contribution in [0, 0.1) is 5.82 Å². The number of carbonyl (C=O) groups is 1. The largest absolute Gasteiger partial charge is 0.356 e. The van der Waals surface area contributed by atoms with Gasteiger partial charge in [0.25, 0.3) is 5.91 Å². The van der Waals surface area contributed by atoms with Gasteiger partial charge < -0.3 is 10.3 Å². The average Bonchev–Trinajstić information content (AvgIpc) is 2.87. The summed E-state index contributed by atoms with van der Waals surface area (Å²) >= 11 is 4.86. The lowest BCUT2D eigenvalue weighted by Crippen LogP contribution is -2.26. The van der Waals surface area contributed by atoms with Gasteiger partial charge in [-0.15, -0.1) is 0 Å². The number of rotatable bonds is 6. The van der Waals surface area contributed by atoms with Gasteiger partial charge >= 0.3 is 0 Å². The molecule has 0 aliphatic carbocycles. The number of amides is 1. The van der Waals surface area contributed by atoms with Gasteiger partial charge in [0.05, 0.1) is 0 Å². The van der Waals surface area contributed by atoms with Crippen molar-refractivity contribution in [3.8, 4) is 0 Å². The summed E-state index contributed by atoms with van der Waals surface area (Å²) in [5, 5.41) is 2.81. The second kappa shape index (κ2) is 7.50. The van der Waals surface area contributed by atoms with Crippen molar-refractivity contribution in [1.29, 1.82) is 0 Å². The van der Waals surface area contributed by atoms with Gasteiger partial charge in [-0.3, -0.25) is 4.79 Å². The quantitative estimate of drug-likeness (QED) is 0.777. The summed E-state index contributed by atoms with van der Waals surface area (Å²) in [6.07, 6.45) is 1.71. The molecule has 6 heteroatoms. The van der Waals surface area contributed by atoms with E-state index in [0.29, 0.717) is 23.6 Å². The van der Waals surface area contributed by atoms with Crippen LogP contribution in [0.2, 0.25) is 0 Å². The van der Waals surface area contributed by atoms with E-state index in [1.807, 2.05) is 6.07 Å². The van der Waals surface area contributed by atoms with E-state index < -0.39 is 0 Å². The summed E-state index contributed by atoms with van der Waals surface area (Å²) in [6.45, 7) is 0.550. The summed E-state index contributed by atoms with van der Waals surface area (Å²) in [5.74, 6) is 1.03. The number of hydrogen-bond acceptors (Lipinski definition) is 2. The minimum Gasteiger partial charge on any atom is -0.356 e. The van der Waals surface area contributed by atoms with Gasteiger partial charge in [-0.25, -0.2) is 4.39 Å². The lowest BCUT2D eigenvalue weighted by Gasteiger charge is -2.05. The number of carbonyl (C=O) groups excluding carboxylic acids is 1. The van der Waals surface area contributed by atoms with E-state index in [-0.39, 0.29) is 11.7 Å². The second-order valence-corrected chi connectivity index (χ2v) is 6.15. The molecule has 2 N–H and O–H groups in total. The first-order chi connectivity index (χ1) is 9.66. The number of halogens is 2. The van der Waals surface area contributed by atoms with Crippen LogP contribution >= 0.6 is 27.7 Å². The third kappa shape index (κ3) is 4.38. The normalized spacial score (nSPS) is 10.5. The maximum absolute atomic E-state index is 13.4. The highest BCUT2D eigenvalue weighted by Gasteiger charge is 2.06. The Morgan fingerprint density at radius 2 is 2.20 bits per heavy atom. The second-order valence-electron chi connectivity index (χ2n) is 4.13. The molecule has 106 valence electrons. The van der Waals surface area contributed by atoms with E-state index in [1.54, 1.807) is 36.2 Å². The number of hydrogen-bond donors (Lipinski definition) is 2. The van der Waals surface area contributed by atoms with Crippen molar-refractivity contribution in [2.24, 2.45) is 0 Å². The monoisotopic (exact) mass is 356 g/mol. The Hall–Kier alpha value is -1.27. The summed E-state index contributed by atoms with van der Waals surface area (Å²) in [7, 11) is 0. The molecule has 1 heterocycles. The van der Waals surface area contributed by atoms with Crippen LogP contribution in [0.3, 0.4) is 0 Å². The third-order valence-electron chi connectivity index (χ3n) is 2.64. The van der Waals surface area contributed by atoms with Crippen molar-refractivity contribution in [3.63, 3.8) is 0 Å². The highest BCUT2D eigenvalue weighted by molar-refractivity contribution is 9.10. The van der Waals surface area contributed by atoms with Crippen molar-refractivity contribution in [1.82, 2.24) is 10.3 Å². The van der Waals surface area contributed by atoms with Crippen LogP contribution in [0.1, 0.15) is 16.1 Å². The topological polar surface area (TPSA) is 44.9 Å². The molecule has 0 bridgehead atoms. The number of aromatic nitrogens is 1. The van der Waals surface area contributed by atoms with E-state index in [0.717, 1.165) is 10.2 Å². The van der Waals surface area contributed by atoms with Gasteiger partial charge in [-0.2, -0.15) is 11.8 Å². The Labute approximate surface area is 129 Å². The number of benzene rings is 1. The summed E-state index contributed by atoms with van der Waals surface area (Å²) in [5.41, 5.74) is 1.22. The average molecular weight is 357 g/mol. The molecule has 1 amide bonds. The van der Waals surface area contributed by atoms with E-state index >= 15 is 0 Å². The zero-order valence-corrected chi connectivity index (χ0v) is 13.1. The Morgan fingerprint density at radius 3 is 2.90 bits per heavy atom. The molecular weight excluding hydrogens is 343 g/mol. The van der Waals surface area contributed by atoms with Crippen LogP contribution in [0.4, 0.5) is 4.39 Å². The van der Waals surface area contributed by atoms with Gasteiger partial charge in [-0.1, -0.05) is 18.2 Å². The van der Waals surface area contributed by atoms with Crippen molar-refractivity contribution in [2.75, 3.05) is 12.3 Å². The van der Waals surface area contributed by atoms with Crippen molar-refractivity contribution < 1.29 is 9.18 Å². The Bertz CT molecular complexity index is 588. The molecule has 0 aliphatic rings. The number of H-pyrrole nitrogens is 1. The fourth-order valence-electron chi connectivity index (χ4n) is 1.63. The predicted molar refractivity (Wildman–Crippen MR) is 83.4 cm³/mol. The lowest BCUT2D eigenvalue weighted by atomic mass is 10.2. The van der Waals surface area contributed by atoms with Crippen LogP contribution < -0.4 is 5.32 Å². The molecule has 1 aromatic carbocycles. The molecule has 3 nitrogen and oxygen atoms in total. The number of nitrogens with one attached hydrogen (secondary N) is 2. The fourth-order valence-corrected chi connectivity index (χ4v) is 2.82. The summed E-state index contributed by atoms with van der Waals surface area (Å²) in [4.78, 5) is 14.6. The van der Waals surface area contributed by atoms with Crippen LogP contribution in [0.15, 0.2) is 41.0 Å². The molecule has 0 fully saturated rings. The molecule has 1 aromatic heterocycles. The number of thioether (sulfide) groups is 1. The minimum atomic E-state index is -0.180.